The summed E-state index contributed by atoms with van der Waals surface area (Å²) in [7, 11) is -1.47. The fourth-order valence-electron chi connectivity index (χ4n) is 2.05. The lowest BCUT2D eigenvalue weighted by Crippen LogP contribution is -2.29. The van der Waals surface area contributed by atoms with Crippen LogP contribution in [0.3, 0.4) is 0 Å². The molecule has 7 heteroatoms. The van der Waals surface area contributed by atoms with E-state index in [4.69, 9.17) is 10.0 Å². The summed E-state index contributed by atoms with van der Waals surface area (Å²) >= 11 is 1.59. The van der Waals surface area contributed by atoms with Crippen molar-refractivity contribution in [1.82, 2.24) is 15.0 Å². The molecule has 3 rings (SSSR count). The highest BCUT2D eigenvalue weighted by Crippen LogP contribution is 2.28. The molecule has 5 nitrogen and oxygen atoms in total. The molecule has 0 bridgehead atoms. The molecule has 1 aromatic carbocycles. The fourth-order valence-corrected chi connectivity index (χ4v) is 2.91. The van der Waals surface area contributed by atoms with Gasteiger partial charge in [-0.2, -0.15) is 0 Å². The van der Waals surface area contributed by atoms with E-state index in [0.717, 1.165) is 32.4 Å². The van der Waals surface area contributed by atoms with Crippen molar-refractivity contribution in [3.8, 4) is 10.7 Å². The Kier molecular flexibility index (Phi) is 2.89. The maximum Gasteiger partial charge on any atom is 0.488 e. The van der Waals surface area contributed by atoms with Crippen LogP contribution in [0.5, 0.6) is 0 Å². The van der Waals surface area contributed by atoms with Crippen molar-refractivity contribution in [3.63, 3.8) is 0 Å². The molecule has 2 heterocycles. The molecule has 0 spiro atoms. The number of benzene rings is 1. The number of aromatic nitrogens is 3. The van der Waals surface area contributed by atoms with Crippen LogP contribution in [0.25, 0.3) is 21.7 Å². The van der Waals surface area contributed by atoms with Crippen LogP contribution >= 0.6 is 11.3 Å². The number of thiazole rings is 1. The third-order valence-corrected chi connectivity index (χ3v) is 4.00. The number of aryl methyl sites for hydroxylation is 2. The zero-order chi connectivity index (χ0) is 13.6. The van der Waals surface area contributed by atoms with Gasteiger partial charge in [0.05, 0.1) is 26.6 Å². The molecule has 3 aromatic rings. The van der Waals surface area contributed by atoms with E-state index in [1.165, 1.54) is 0 Å². The van der Waals surface area contributed by atoms with E-state index >= 15 is 0 Å². The van der Waals surface area contributed by atoms with E-state index in [2.05, 4.69) is 15.0 Å². The van der Waals surface area contributed by atoms with Crippen molar-refractivity contribution < 1.29 is 10.0 Å². The molecule has 0 atom stereocenters. The third kappa shape index (κ3) is 2.16. The van der Waals surface area contributed by atoms with E-state index in [1.807, 2.05) is 13.8 Å². The van der Waals surface area contributed by atoms with Crippen molar-refractivity contribution in [2.24, 2.45) is 0 Å². The molecule has 0 unspecified atom stereocenters. The SMILES string of the molecule is Cc1nc(C)c(-c2nc3ccc(B(O)O)cc3[nH]2)s1. The Bertz CT molecular complexity index is 751. The van der Waals surface area contributed by atoms with E-state index in [-0.39, 0.29) is 0 Å². The average Bonchev–Trinajstić information content (AvgIpc) is 2.90. The van der Waals surface area contributed by atoms with Gasteiger partial charge in [-0.05, 0) is 31.4 Å². The summed E-state index contributed by atoms with van der Waals surface area (Å²) in [6.07, 6.45) is 0. The third-order valence-electron chi connectivity index (χ3n) is 2.92. The van der Waals surface area contributed by atoms with E-state index in [1.54, 1.807) is 29.5 Å². The Morgan fingerprint density at radius 3 is 2.63 bits per heavy atom. The summed E-state index contributed by atoms with van der Waals surface area (Å²) in [4.78, 5) is 13.1. The van der Waals surface area contributed by atoms with Gasteiger partial charge in [-0.1, -0.05) is 6.07 Å². The van der Waals surface area contributed by atoms with Gasteiger partial charge in [-0.3, -0.25) is 0 Å². The second kappa shape index (κ2) is 4.45. The van der Waals surface area contributed by atoms with Gasteiger partial charge < -0.3 is 15.0 Å². The number of hydrogen-bond donors (Lipinski definition) is 3. The van der Waals surface area contributed by atoms with E-state index in [9.17, 15) is 0 Å². The Labute approximate surface area is 114 Å². The summed E-state index contributed by atoms with van der Waals surface area (Å²) in [6, 6.07) is 5.12. The van der Waals surface area contributed by atoms with Crippen molar-refractivity contribution in [1.29, 1.82) is 0 Å². The normalized spacial score (nSPS) is 11.2. The maximum atomic E-state index is 9.17. The molecule has 0 aliphatic heterocycles. The lowest BCUT2D eigenvalue weighted by atomic mass is 9.80. The van der Waals surface area contributed by atoms with Crippen LogP contribution in [0, 0.1) is 13.8 Å². The number of aromatic amines is 1. The van der Waals surface area contributed by atoms with Crippen molar-refractivity contribution in [3.05, 3.63) is 28.9 Å². The van der Waals surface area contributed by atoms with Gasteiger partial charge in [0, 0.05) is 0 Å². The number of hydrogen-bond acceptors (Lipinski definition) is 5. The molecule has 3 N–H and O–H groups in total. The number of H-pyrrole nitrogens is 1. The van der Waals surface area contributed by atoms with Gasteiger partial charge in [0.2, 0.25) is 0 Å². The molecular weight excluding hydrogens is 261 g/mol. The second-order valence-electron chi connectivity index (χ2n) is 4.38. The lowest BCUT2D eigenvalue weighted by molar-refractivity contribution is 0.426. The number of rotatable bonds is 2. The van der Waals surface area contributed by atoms with Crippen LogP contribution in [-0.2, 0) is 0 Å². The summed E-state index contributed by atoms with van der Waals surface area (Å²) in [5.74, 6) is 0.766. The predicted molar refractivity (Wildman–Crippen MR) is 76.5 cm³/mol. The van der Waals surface area contributed by atoms with Crippen molar-refractivity contribution in [2.45, 2.75) is 13.8 Å². The largest absolute Gasteiger partial charge is 0.488 e. The quantitative estimate of drug-likeness (QED) is 0.608. The molecule has 0 amide bonds. The molecule has 0 aliphatic carbocycles. The van der Waals surface area contributed by atoms with Crippen molar-refractivity contribution in [2.75, 3.05) is 0 Å². The molecule has 0 fully saturated rings. The summed E-state index contributed by atoms with van der Waals surface area (Å²) in [5, 5.41) is 19.3. The number of imidazole rings is 1. The van der Waals surface area contributed by atoms with Crippen LogP contribution in [0.4, 0.5) is 0 Å². The lowest BCUT2D eigenvalue weighted by Gasteiger charge is -1.97. The monoisotopic (exact) mass is 273 g/mol. The maximum absolute atomic E-state index is 9.17. The Morgan fingerprint density at radius 1 is 1.21 bits per heavy atom. The van der Waals surface area contributed by atoms with Crippen LogP contribution in [-0.4, -0.2) is 32.1 Å². The fraction of sp³-hybridized carbons (Fsp3) is 0.167. The Balaban J connectivity index is 2.14. The zero-order valence-corrected chi connectivity index (χ0v) is 11.3. The molecule has 2 aromatic heterocycles. The van der Waals surface area contributed by atoms with Crippen molar-refractivity contribution >= 4 is 35.0 Å². The zero-order valence-electron chi connectivity index (χ0n) is 10.5. The highest BCUT2D eigenvalue weighted by atomic mass is 32.1. The van der Waals surface area contributed by atoms with Crippen LogP contribution in [0.1, 0.15) is 10.7 Å². The van der Waals surface area contributed by atoms with Gasteiger partial charge in [0.1, 0.15) is 0 Å². The Hall–Kier alpha value is -1.70. The number of fused-ring (bicyclic) bond motifs is 1. The summed E-state index contributed by atoms with van der Waals surface area (Å²) in [6.45, 7) is 3.92. The molecule has 0 aliphatic rings. The molecular formula is C12H12BN3O2S. The first-order valence-electron chi connectivity index (χ1n) is 5.85. The van der Waals surface area contributed by atoms with Gasteiger partial charge in [-0.25, -0.2) is 9.97 Å². The van der Waals surface area contributed by atoms with Crippen LogP contribution < -0.4 is 5.46 Å². The van der Waals surface area contributed by atoms with Gasteiger partial charge >= 0.3 is 7.12 Å². The number of nitrogens with one attached hydrogen (secondary N) is 1. The molecule has 19 heavy (non-hydrogen) atoms. The average molecular weight is 273 g/mol. The van der Waals surface area contributed by atoms with Gasteiger partial charge in [0.15, 0.2) is 5.82 Å². The second-order valence-corrected chi connectivity index (χ2v) is 5.59. The molecule has 0 saturated carbocycles. The number of nitrogens with zero attached hydrogens (tertiary/aromatic N) is 2. The first-order valence-corrected chi connectivity index (χ1v) is 6.66. The molecule has 0 saturated heterocycles. The minimum atomic E-state index is -1.47. The summed E-state index contributed by atoms with van der Waals surface area (Å²) < 4.78 is 0. The van der Waals surface area contributed by atoms with E-state index < -0.39 is 7.12 Å². The topological polar surface area (TPSA) is 82.0 Å². The summed E-state index contributed by atoms with van der Waals surface area (Å²) in [5.41, 5.74) is 2.97. The molecule has 0 radical (unpaired) electrons. The molecule has 96 valence electrons. The highest BCUT2D eigenvalue weighted by molar-refractivity contribution is 7.15. The Morgan fingerprint density at radius 2 is 2.00 bits per heavy atom. The predicted octanol–water partition coefficient (Wildman–Crippen LogP) is 0.983. The first kappa shape index (κ1) is 12.3. The minimum absolute atomic E-state index is 0.444. The van der Waals surface area contributed by atoms with Crippen LogP contribution in [0.2, 0.25) is 0 Å². The van der Waals surface area contributed by atoms with Crippen LogP contribution in [0.15, 0.2) is 18.2 Å². The van der Waals surface area contributed by atoms with Gasteiger partial charge in [0.25, 0.3) is 0 Å². The van der Waals surface area contributed by atoms with E-state index in [0.29, 0.717) is 5.46 Å². The van der Waals surface area contributed by atoms with Gasteiger partial charge in [-0.15, -0.1) is 11.3 Å². The standard InChI is InChI=1S/C12H12BN3O2S/c1-6-11(19-7(2)14-6)12-15-9-4-3-8(13(17)18)5-10(9)16-12/h3-5,17-18H,1-2H3,(H,15,16). The smallest absolute Gasteiger partial charge is 0.423 e. The first-order chi connectivity index (χ1) is 9.04. The minimum Gasteiger partial charge on any atom is -0.423 e. The highest BCUT2D eigenvalue weighted by Gasteiger charge is 2.15.